The van der Waals surface area contributed by atoms with Gasteiger partial charge < -0.3 is 5.32 Å². The number of allylic oxidation sites excluding steroid dienone is 2. The van der Waals surface area contributed by atoms with Crippen molar-refractivity contribution in [2.45, 2.75) is 55.9 Å². The summed E-state index contributed by atoms with van der Waals surface area (Å²) in [5.41, 5.74) is 4.75. The van der Waals surface area contributed by atoms with Gasteiger partial charge in [-0.1, -0.05) is 54.8 Å². The maximum absolute atomic E-state index is 13.3. The number of hydrogen-bond acceptors (Lipinski definition) is 3. The molecule has 0 spiro atoms. The number of fused-ring (bicyclic) bond motifs is 3. The van der Waals surface area contributed by atoms with Crippen molar-refractivity contribution in [2.24, 2.45) is 5.92 Å². The molecule has 0 amide bonds. The van der Waals surface area contributed by atoms with Crippen LogP contribution in [-0.2, 0) is 10.0 Å². The Bertz CT molecular complexity index is 1070. The summed E-state index contributed by atoms with van der Waals surface area (Å²) in [6.45, 7) is 3.41. The zero-order chi connectivity index (χ0) is 20.7. The van der Waals surface area contributed by atoms with E-state index < -0.39 is 10.0 Å². The Morgan fingerprint density at radius 3 is 2.57 bits per heavy atom. The van der Waals surface area contributed by atoms with E-state index in [0.717, 1.165) is 43.4 Å². The summed E-state index contributed by atoms with van der Waals surface area (Å²) < 4.78 is 28.3. The zero-order valence-electron chi connectivity index (χ0n) is 17.5. The van der Waals surface area contributed by atoms with Gasteiger partial charge >= 0.3 is 0 Å². The van der Waals surface area contributed by atoms with Crippen molar-refractivity contribution in [2.75, 3.05) is 18.4 Å². The lowest BCUT2D eigenvalue weighted by Crippen LogP contribution is -2.33. The Labute approximate surface area is 180 Å². The minimum atomic E-state index is -3.44. The Balaban J connectivity index is 1.50. The van der Waals surface area contributed by atoms with Crippen LogP contribution < -0.4 is 5.32 Å². The van der Waals surface area contributed by atoms with Crippen molar-refractivity contribution in [1.82, 2.24) is 4.31 Å². The molecule has 0 aromatic heterocycles. The molecule has 2 aromatic carbocycles. The molecule has 1 N–H and O–H groups in total. The molecule has 1 aliphatic carbocycles. The molecule has 2 aromatic rings. The fourth-order valence-corrected chi connectivity index (χ4v) is 6.91. The lowest BCUT2D eigenvalue weighted by Gasteiger charge is -2.38. The monoisotopic (exact) mass is 422 g/mol. The van der Waals surface area contributed by atoms with Crippen LogP contribution in [0.15, 0.2) is 59.5 Å². The Hall–Kier alpha value is -2.11. The van der Waals surface area contributed by atoms with Crippen LogP contribution in [0.2, 0.25) is 0 Å². The van der Waals surface area contributed by atoms with E-state index in [4.69, 9.17) is 0 Å². The first-order chi connectivity index (χ1) is 14.5. The number of nitrogens with zero attached hydrogens (tertiary/aromatic N) is 1. The van der Waals surface area contributed by atoms with E-state index in [1.807, 2.05) is 12.1 Å². The second kappa shape index (κ2) is 7.86. The highest BCUT2D eigenvalue weighted by Crippen LogP contribution is 2.50. The Morgan fingerprint density at radius 1 is 1.00 bits per heavy atom. The molecule has 2 aliphatic heterocycles. The number of benzene rings is 2. The van der Waals surface area contributed by atoms with E-state index in [1.165, 1.54) is 11.1 Å². The van der Waals surface area contributed by atoms with Gasteiger partial charge in [-0.3, -0.25) is 0 Å². The largest absolute Gasteiger partial charge is 0.378 e. The summed E-state index contributed by atoms with van der Waals surface area (Å²) in [7, 11) is -3.44. The third-order valence-electron chi connectivity index (χ3n) is 6.94. The molecule has 0 radical (unpaired) electrons. The molecule has 3 atom stereocenters. The number of nitrogens with one attached hydrogen (secondary N) is 1. The first-order valence-corrected chi connectivity index (χ1v) is 12.6. The Kier molecular flexibility index (Phi) is 5.19. The molecule has 4 nitrogen and oxygen atoms in total. The normalized spacial score (nSPS) is 26.5. The van der Waals surface area contributed by atoms with E-state index in [-0.39, 0.29) is 12.0 Å². The van der Waals surface area contributed by atoms with E-state index in [1.54, 1.807) is 10.4 Å². The molecule has 1 fully saturated rings. The van der Waals surface area contributed by atoms with E-state index in [0.29, 0.717) is 23.9 Å². The van der Waals surface area contributed by atoms with Gasteiger partial charge in [0.1, 0.15) is 0 Å². The summed E-state index contributed by atoms with van der Waals surface area (Å²) in [6.07, 6.45) is 9.69. The number of hydrogen-bond donors (Lipinski definition) is 1. The van der Waals surface area contributed by atoms with Crippen LogP contribution >= 0.6 is 0 Å². The van der Waals surface area contributed by atoms with Crippen LogP contribution in [0.4, 0.5) is 5.69 Å². The predicted octanol–water partition coefficient (Wildman–Crippen LogP) is 5.39. The summed E-state index contributed by atoms with van der Waals surface area (Å²) in [5, 5.41) is 3.73. The van der Waals surface area contributed by atoms with Crippen LogP contribution in [0.1, 0.15) is 60.8 Å². The molecular weight excluding hydrogens is 392 g/mol. The van der Waals surface area contributed by atoms with Crippen molar-refractivity contribution in [3.63, 3.8) is 0 Å². The summed E-state index contributed by atoms with van der Waals surface area (Å²) in [6, 6.07) is 14.6. The first kappa shape index (κ1) is 19.8. The van der Waals surface area contributed by atoms with Crippen molar-refractivity contribution >= 4 is 15.7 Å². The van der Waals surface area contributed by atoms with E-state index in [9.17, 15) is 8.42 Å². The van der Waals surface area contributed by atoms with Gasteiger partial charge in [-0.05, 0) is 61.4 Å². The molecule has 0 saturated carbocycles. The molecule has 0 bridgehead atoms. The minimum absolute atomic E-state index is 0.241. The van der Waals surface area contributed by atoms with Crippen molar-refractivity contribution in [1.29, 1.82) is 0 Å². The highest BCUT2D eigenvalue weighted by atomic mass is 32.2. The third kappa shape index (κ3) is 3.48. The van der Waals surface area contributed by atoms with Crippen LogP contribution in [0.5, 0.6) is 0 Å². The number of sulfonamides is 1. The second-order valence-corrected chi connectivity index (χ2v) is 10.9. The summed E-state index contributed by atoms with van der Waals surface area (Å²) >= 11 is 0. The van der Waals surface area contributed by atoms with Crippen molar-refractivity contribution in [3.8, 4) is 0 Å². The highest BCUT2D eigenvalue weighted by molar-refractivity contribution is 7.89. The lowest BCUT2D eigenvalue weighted by molar-refractivity contribution is 0.419. The van der Waals surface area contributed by atoms with Gasteiger partial charge in [0.15, 0.2) is 0 Å². The Morgan fingerprint density at radius 2 is 1.80 bits per heavy atom. The van der Waals surface area contributed by atoms with Crippen molar-refractivity contribution in [3.05, 3.63) is 71.3 Å². The quantitative estimate of drug-likeness (QED) is 0.675. The average Bonchev–Trinajstić information content (AvgIpc) is 3.07. The van der Waals surface area contributed by atoms with Gasteiger partial charge in [0, 0.05) is 24.7 Å². The molecule has 3 unspecified atom stereocenters. The molecule has 30 heavy (non-hydrogen) atoms. The van der Waals surface area contributed by atoms with Crippen LogP contribution in [0, 0.1) is 12.8 Å². The van der Waals surface area contributed by atoms with Gasteiger partial charge in [0.05, 0.1) is 10.9 Å². The molecule has 5 rings (SSSR count). The second-order valence-electron chi connectivity index (χ2n) is 8.96. The standard InChI is InChI=1S/C25H30N2O2S/c1-18-8-6-9-19(16-18)25-22-11-7-10-21(22)23-17-20(12-13-24(23)26-25)30(28,29)27-14-4-2-3-5-15-27/h6-10,12-13,16-17,21-22,25-26H,2-5,11,14-15H2,1H3. The maximum atomic E-state index is 13.3. The van der Waals surface area contributed by atoms with Crippen LogP contribution in [-0.4, -0.2) is 25.8 Å². The third-order valence-corrected chi connectivity index (χ3v) is 8.83. The van der Waals surface area contributed by atoms with Gasteiger partial charge in [-0.2, -0.15) is 4.31 Å². The SMILES string of the molecule is Cc1cccc(C2Nc3ccc(S(=O)(=O)N4CCCCCC4)cc3C3C=CCC32)c1. The molecule has 1 saturated heterocycles. The molecule has 158 valence electrons. The number of aryl methyl sites for hydroxylation is 1. The smallest absolute Gasteiger partial charge is 0.243 e. The molecule has 2 heterocycles. The number of rotatable bonds is 3. The topological polar surface area (TPSA) is 49.4 Å². The average molecular weight is 423 g/mol. The lowest BCUT2D eigenvalue weighted by atomic mass is 9.77. The molecule has 3 aliphatic rings. The van der Waals surface area contributed by atoms with E-state index in [2.05, 4.69) is 48.7 Å². The highest BCUT2D eigenvalue weighted by Gasteiger charge is 2.38. The zero-order valence-corrected chi connectivity index (χ0v) is 18.4. The fourth-order valence-electron chi connectivity index (χ4n) is 5.36. The first-order valence-electron chi connectivity index (χ1n) is 11.2. The molecular formula is C25H30N2O2S. The predicted molar refractivity (Wildman–Crippen MR) is 121 cm³/mol. The molecule has 5 heteroatoms. The minimum Gasteiger partial charge on any atom is -0.378 e. The fraction of sp³-hybridized carbons (Fsp3) is 0.440. The van der Waals surface area contributed by atoms with Crippen molar-refractivity contribution < 1.29 is 8.42 Å². The summed E-state index contributed by atoms with van der Waals surface area (Å²) in [4.78, 5) is 0.443. The van der Waals surface area contributed by atoms with Crippen LogP contribution in [0.3, 0.4) is 0 Å². The van der Waals surface area contributed by atoms with E-state index >= 15 is 0 Å². The van der Waals surface area contributed by atoms with Crippen LogP contribution in [0.25, 0.3) is 0 Å². The van der Waals surface area contributed by atoms with Gasteiger partial charge in [0.2, 0.25) is 10.0 Å². The van der Waals surface area contributed by atoms with Gasteiger partial charge in [-0.25, -0.2) is 8.42 Å². The van der Waals surface area contributed by atoms with Gasteiger partial charge in [0.25, 0.3) is 0 Å². The summed E-state index contributed by atoms with van der Waals surface area (Å²) in [5.74, 6) is 0.668. The maximum Gasteiger partial charge on any atom is 0.243 e. The number of anilines is 1. The van der Waals surface area contributed by atoms with Gasteiger partial charge in [-0.15, -0.1) is 0 Å².